The Bertz CT molecular complexity index is 1500. The van der Waals surface area contributed by atoms with Gasteiger partial charge in [0.05, 0.1) is 36.0 Å². The van der Waals surface area contributed by atoms with E-state index in [1.54, 1.807) is 9.47 Å². The molecule has 9 nitrogen and oxygen atoms in total. The first kappa shape index (κ1) is 25.7. The van der Waals surface area contributed by atoms with E-state index in [0.29, 0.717) is 35.4 Å². The number of nitrogen functional groups attached to an aromatic ring is 1. The van der Waals surface area contributed by atoms with E-state index in [1.165, 1.54) is 24.9 Å². The summed E-state index contributed by atoms with van der Waals surface area (Å²) in [5.41, 5.74) is 12.0. The van der Waals surface area contributed by atoms with Crippen molar-refractivity contribution in [2.24, 2.45) is 5.73 Å². The summed E-state index contributed by atoms with van der Waals surface area (Å²) in [4.78, 5) is 18.3. The van der Waals surface area contributed by atoms with Crippen molar-refractivity contribution in [1.29, 1.82) is 0 Å². The van der Waals surface area contributed by atoms with Gasteiger partial charge in [-0.3, -0.25) is 4.98 Å². The van der Waals surface area contributed by atoms with Crippen LogP contribution in [0, 0.1) is 17.5 Å². The van der Waals surface area contributed by atoms with Gasteiger partial charge in [-0.25, -0.2) is 36.9 Å². The molecule has 200 valence electrons. The van der Waals surface area contributed by atoms with Gasteiger partial charge in [-0.05, 0) is 36.6 Å². The maximum atomic E-state index is 14.6. The second-order valence-electron chi connectivity index (χ2n) is 9.26. The minimum Gasteiger partial charge on any atom is -0.385 e. The van der Waals surface area contributed by atoms with E-state index in [4.69, 9.17) is 11.5 Å². The first-order valence-corrected chi connectivity index (χ1v) is 11.6. The number of benzene rings is 1. The maximum Gasteiger partial charge on any atom is 0.265 e. The third-order valence-corrected chi connectivity index (χ3v) is 6.77. The third kappa shape index (κ3) is 4.49. The molecule has 4 aromatic rings. The van der Waals surface area contributed by atoms with Crippen LogP contribution >= 0.6 is 0 Å². The molecule has 5 N–H and O–H groups in total. The normalized spacial score (nSPS) is 18.9. The predicted molar refractivity (Wildman–Crippen MR) is 129 cm³/mol. The van der Waals surface area contributed by atoms with Crippen molar-refractivity contribution in [2.75, 3.05) is 23.7 Å². The summed E-state index contributed by atoms with van der Waals surface area (Å²) in [7, 11) is 0. The molecule has 3 aromatic heterocycles. The molecule has 0 spiro atoms. The van der Waals surface area contributed by atoms with Gasteiger partial charge >= 0.3 is 0 Å². The van der Waals surface area contributed by atoms with Crippen molar-refractivity contribution >= 4 is 22.7 Å². The van der Waals surface area contributed by atoms with Crippen molar-refractivity contribution in [3.05, 3.63) is 60.1 Å². The van der Waals surface area contributed by atoms with Gasteiger partial charge in [0, 0.05) is 18.7 Å². The molecule has 0 bridgehead atoms. The molecule has 1 aliphatic rings. The number of hydrogen-bond donors (Lipinski definition) is 3. The van der Waals surface area contributed by atoms with Crippen LogP contribution in [0.25, 0.3) is 22.4 Å². The topological polar surface area (TPSA) is 132 Å². The van der Waals surface area contributed by atoms with Crippen LogP contribution < -0.4 is 16.4 Å². The number of nitrogens with two attached hydrogens (primary N) is 2. The van der Waals surface area contributed by atoms with Crippen LogP contribution in [0.2, 0.25) is 0 Å². The van der Waals surface area contributed by atoms with E-state index in [9.17, 15) is 27.1 Å². The number of rotatable bonds is 6. The second kappa shape index (κ2) is 9.76. The number of imidazole rings is 1. The van der Waals surface area contributed by atoms with Crippen LogP contribution in [0.5, 0.6) is 0 Å². The molecule has 2 atom stereocenters. The zero-order valence-electron chi connectivity index (χ0n) is 19.8. The lowest BCUT2D eigenvalue weighted by Crippen LogP contribution is -2.63. The highest BCUT2D eigenvalue weighted by atomic mass is 19.3. The Morgan fingerprint density at radius 3 is 2.63 bits per heavy atom. The fourth-order valence-electron chi connectivity index (χ4n) is 4.78. The van der Waals surface area contributed by atoms with Gasteiger partial charge in [0.1, 0.15) is 17.9 Å². The molecule has 14 heteroatoms. The highest BCUT2D eigenvalue weighted by Crippen LogP contribution is 2.34. The van der Waals surface area contributed by atoms with Crippen molar-refractivity contribution in [2.45, 2.75) is 37.5 Å². The smallest absolute Gasteiger partial charge is 0.265 e. The first-order valence-electron chi connectivity index (χ1n) is 11.6. The third-order valence-electron chi connectivity index (χ3n) is 6.77. The monoisotopic (exact) mass is 534 g/mol. The number of hydrogen-bond acceptors (Lipinski definition) is 8. The SMILES string of the molecule is Nc1ncnc2c1ncn2Cc1cc(-c2ccc(F)c(F)c2F)ncc1N1CCC[C@](N)(C(O)C(F)F)C1. The number of alkyl halides is 2. The number of anilines is 2. The highest BCUT2D eigenvalue weighted by Gasteiger charge is 2.43. The molecule has 0 aliphatic carbocycles. The van der Waals surface area contributed by atoms with Gasteiger partial charge in [0.25, 0.3) is 6.43 Å². The number of aromatic nitrogens is 5. The van der Waals surface area contributed by atoms with Crippen molar-refractivity contribution in [1.82, 2.24) is 24.5 Å². The van der Waals surface area contributed by atoms with Crippen LogP contribution in [0.1, 0.15) is 18.4 Å². The molecule has 1 fully saturated rings. The largest absolute Gasteiger partial charge is 0.385 e. The molecule has 4 heterocycles. The van der Waals surface area contributed by atoms with Crippen molar-refractivity contribution in [3.8, 4) is 11.3 Å². The summed E-state index contributed by atoms with van der Waals surface area (Å²) in [6.07, 6.45) is -0.358. The molecule has 1 aliphatic heterocycles. The Labute approximate surface area is 213 Å². The summed E-state index contributed by atoms with van der Waals surface area (Å²) in [6, 6.07) is 3.36. The van der Waals surface area contributed by atoms with E-state index >= 15 is 0 Å². The Kier molecular flexibility index (Phi) is 6.61. The van der Waals surface area contributed by atoms with E-state index in [-0.39, 0.29) is 36.6 Å². The lowest BCUT2D eigenvalue weighted by molar-refractivity contribution is -0.0529. The number of piperidine rings is 1. The van der Waals surface area contributed by atoms with Crippen LogP contribution in [-0.4, -0.2) is 60.8 Å². The quantitative estimate of drug-likeness (QED) is 0.254. The second-order valence-corrected chi connectivity index (χ2v) is 9.26. The summed E-state index contributed by atoms with van der Waals surface area (Å²) in [5, 5.41) is 10.1. The Hall–Kier alpha value is -3.91. The number of halogens is 5. The van der Waals surface area contributed by atoms with E-state index in [0.717, 1.165) is 12.1 Å². The molecule has 38 heavy (non-hydrogen) atoms. The average Bonchev–Trinajstić information content (AvgIpc) is 3.31. The van der Waals surface area contributed by atoms with Gasteiger partial charge < -0.3 is 26.0 Å². The standard InChI is InChI=1S/C24H23F5N8O/c25-14-3-2-13(17(26)18(14)27)15-6-12(8-37-11-35-19-22(30)33-10-34-23(19)37)16(7-32-15)36-5-1-4-24(31,9-36)20(38)21(28)29/h2-3,6-7,10-11,20-21,38H,1,4-5,8-9,31H2,(H2,30,33,34)/t20?,24-/m1/s1. The molecule has 0 radical (unpaired) electrons. The Balaban J connectivity index is 1.60. The van der Waals surface area contributed by atoms with Crippen LogP contribution in [0.15, 0.2) is 37.1 Å². The van der Waals surface area contributed by atoms with Gasteiger partial charge in [-0.2, -0.15) is 0 Å². The number of pyridine rings is 1. The van der Waals surface area contributed by atoms with Crippen LogP contribution in [0.4, 0.5) is 33.5 Å². The molecule has 1 unspecified atom stereocenters. The van der Waals surface area contributed by atoms with Crippen molar-refractivity contribution < 1.29 is 27.1 Å². The van der Waals surface area contributed by atoms with Crippen LogP contribution in [-0.2, 0) is 6.54 Å². The number of nitrogens with zero attached hydrogens (tertiary/aromatic N) is 6. The molecule has 0 saturated carbocycles. The Morgan fingerprint density at radius 2 is 1.87 bits per heavy atom. The van der Waals surface area contributed by atoms with Gasteiger partial charge in [-0.1, -0.05) is 0 Å². The molecular weight excluding hydrogens is 511 g/mol. The minimum atomic E-state index is -3.03. The fraction of sp³-hybridized carbons (Fsp3) is 0.333. The summed E-state index contributed by atoms with van der Waals surface area (Å²) in [5.74, 6) is -4.20. The summed E-state index contributed by atoms with van der Waals surface area (Å²) < 4.78 is 70.5. The van der Waals surface area contributed by atoms with Gasteiger partial charge in [0.15, 0.2) is 28.9 Å². The average molecular weight is 534 g/mol. The van der Waals surface area contributed by atoms with Crippen molar-refractivity contribution in [3.63, 3.8) is 0 Å². The molecule has 5 rings (SSSR count). The number of aliphatic hydroxyl groups excluding tert-OH is 1. The predicted octanol–water partition coefficient (Wildman–Crippen LogP) is 2.86. The maximum absolute atomic E-state index is 14.6. The molecule has 1 saturated heterocycles. The zero-order valence-corrected chi connectivity index (χ0v) is 19.8. The van der Waals surface area contributed by atoms with Crippen LogP contribution in [0.3, 0.4) is 0 Å². The molecular formula is C24H23F5N8O. The van der Waals surface area contributed by atoms with E-state index in [2.05, 4.69) is 19.9 Å². The van der Waals surface area contributed by atoms with E-state index < -0.39 is 35.5 Å². The summed E-state index contributed by atoms with van der Waals surface area (Å²) >= 11 is 0. The van der Waals surface area contributed by atoms with E-state index in [1.807, 2.05) is 0 Å². The van der Waals surface area contributed by atoms with Gasteiger partial charge in [0.2, 0.25) is 0 Å². The zero-order chi connectivity index (χ0) is 27.2. The molecule has 0 amide bonds. The highest BCUT2D eigenvalue weighted by molar-refractivity contribution is 5.81. The minimum absolute atomic E-state index is 0.0161. The number of aliphatic hydroxyl groups is 1. The summed E-state index contributed by atoms with van der Waals surface area (Å²) in [6.45, 7) is 0.405. The van der Waals surface area contributed by atoms with Gasteiger partial charge in [-0.15, -0.1) is 0 Å². The fourth-order valence-corrected chi connectivity index (χ4v) is 4.78. The number of fused-ring (bicyclic) bond motifs is 1. The Morgan fingerprint density at radius 1 is 1.08 bits per heavy atom. The lowest BCUT2D eigenvalue weighted by Gasteiger charge is -2.44. The first-order chi connectivity index (χ1) is 18.1. The lowest BCUT2D eigenvalue weighted by atomic mass is 9.84. The molecule has 1 aromatic carbocycles.